The number of ether oxygens (including phenoxy) is 1. The molecule has 1 aliphatic rings. The Hall–Kier alpha value is -1.03. The summed E-state index contributed by atoms with van der Waals surface area (Å²) in [7, 11) is 0. The number of hydrogen-bond acceptors (Lipinski definition) is 3. The fourth-order valence-electron chi connectivity index (χ4n) is 1.18. The van der Waals surface area contributed by atoms with Crippen molar-refractivity contribution in [2.24, 2.45) is 5.73 Å². The van der Waals surface area contributed by atoms with Crippen molar-refractivity contribution in [3.63, 3.8) is 0 Å². The SMILES string of the molecule is C=CCN1CC(C)(CN)OC1=O. The number of hydrogen-bond donors (Lipinski definition) is 1. The molecule has 68 valence electrons. The predicted octanol–water partition coefficient (Wildman–Crippen LogP) is 0.342. The largest absolute Gasteiger partial charge is 0.440 e. The molecular formula is C8H14N2O2. The van der Waals surface area contributed by atoms with Crippen molar-refractivity contribution in [1.82, 2.24) is 4.90 Å². The molecule has 4 heteroatoms. The highest BCUT2D eigenvalue weighted by Gasteiger charge is 2.39. The van der Waals surface area contributed by atoms with Gasteiger partial charge in [-0.2, -0.15) is 0 Å². The minimum atomic E-state index is -0.514. The number of rotatable bonds is 3. The number of carbonyl (C=O) groups is 1. The lowest BCUT2D eigenvalue weighted by atomic mass is 10.1. The van der Waals surface area contributed by atoms with Gasteiger partial charge < -0.3 is 15.4 Å². The summed E-state index contributed by atoms with van der Waals surface area (Å²) in [5.41, 5.74) is 4.95. The van der Waals surface area contributed by atoms with Crippen LogP contribution in [0.2, 0.25) is 0 Å². The van der Waals surface area contributed by atoms with Crippen LogP contribution < -0.4 is 5.73 Å². The van der Waals surface area contributed by atoms with E-state index in [-0.39, 0.29) is 6.09 Å². The summed E-state index contributed by atoms with van der Waals surface area (Å²) in [4.78, 5) is 12.7. The minimum absolute atomic E-state index is 0.303. The van der Waals surface area contributed by atoms with Crippen LogP contribution in [0.5, 0.6) is 0 Å². The number of carbonyl (C=O) groups excluding carboxylic acids is 1. The lowest BCUT2D eigenvalue weighted by Gasteiger charge is -2.18. The lowest BCUT2D eigenvalue weighted by Crippen LogP contribution is -2.38. The number of amides is 1. The molecule has 2 N–H and O–H groups in total. The lowest BCUT2D eigenvalue weighted by molar-refractivity contribution is 0.0783. The zero-order chi connectivity index (χ0) is 9.19. The molecule has 0 spiro atoms. The molecule has 0 aliphatic carbocycles. The second-order valence-electron chi connectivity index (χ2n) is 3.19. The van der Waals surface area contributed by atoms with Crippen molar-refractivity contribution in [2.45, 2.75) is 12.5 Å². The molecular weight excluding hydrogens is 156 g/mol. The van der Waals surface area contributed by atoms with Crippen LogP contribution in [0.3, 0.4) is 0 Å². The second kappa shape index (κ2) is 3.15. The summed E-state index contributed by atoms with van der Waals surface area (Å²) in [6, 6.07) is 0. The van der Waals surface area contributed by atoms with Gasteiger partial charge in [-0.15, -0.1) is 6.58 Å². The van der Waals surface area contributed by atoms with E-state index in [9.17, 15) is 4.79 Å². The first kappa shape index (κ1) is 9.06. The van der Waals surface area contributed by atoms with Gasteiger partial charge in [0.05, 0.1) is 6.54 Å². The second-order valence-corrected chi connectivity index (χ2v) is 3.19. The van der Waals surface area contributed by atoms with E-state index in [1.165, 1.54) is 0 Å². The monoisotopic (exact) mass is 170 g/mol. The summed E-state index contributed by atoms with van der Waals surface area (Å²) in [6.45, 7) is 6.80. The third kappa shape index (κ3) is 1.58. The smallest absolute Gasteiger partial charge is 0.410 e. The Morgan fingerprint density at radius 3 is 3.00 bits per heavy atom. The van der Waals surface area contributed by atoms with Crippen LogP contribution in [0.15, 0.2) is 12.7 Å². The molecule has 1 fully saturated rings. The van der Waals surface area contributed by atoms with Crippen LogP contribution in [0.4, 0.5) is 4.79 Å². The normalized spacial score (nSPS) is 28.8. The molecule has 1 aliphatic heterocycles. The molecule has 1 amide bonds. The topological polar surface area (TPSA) is 55.6 Å². The summed E-state index contributed by atoms with van der Waals surface area (Å²) in [5, 5.41) is 0. The molecule has 4 nitrogen and oxygen atoms in total. The van der Waals surface area contributed by atoms with E-state index >= 15 is 0 Å². The zero-order valence-electron chi connectivity index (χ0n) is 7.25. The fraction of sp³-hybridized carbons (Fsp3) is 0.625. The predicted molar refractivity (Wildman–Crippen MR) is 45.7 cm³/mol. The number of cyclic esters (lactones) is 1. The van der Waals surface area contributed by atoms with Gasteiger partial charge in [-0.3, -0.25) is 0 Å². The summed E-state index contributed by atoms with van der Waals surface area (Å²) < 4.78 is 5.08. The Labute approximate surface area is 72.0 Å². The first-order valence-electron chi connectivity index (χ1n) is 3.90. The molecule has 1 atom stereocenters. The molecule has 0 aromatic rings. The van der Waals surface area contributed by atoms with Gasteiger partial charge in [-0.25, -0.2) is 4.79 Å². The molecule has 0 radical (unpaired) electrons. The average Bonchev–Trinajstić information content (AvgIpc) is 2.30. The molecule has 1 heterocycles. The molecule has 0 saturated carbocycles. The third-order valence-corrected chi connectivity index (χ3v) is 1.90. The molecule has 1 rings (SSSR count). The van der Waals surface area contributed by atoms with Crippen molar-refractivity contribution in [3.05, 3.63) is 12.7 Å². The van der Waals surface area contributed by atoms with E-state index in [1.54, 1.807) is 11.0 Å². The maximum Gasteiger partial charge on any atom is 0.410 e. The molecule has 0 bridgehead atoms. The van der Waals surface area contributed by atoms with Crippen molar-refractivity contribution in [3.8, 4) is 0 Å². The van der Waals surface area contributed by atoms with Crippen LogP contribution in [-0.4, -0.2) is 36.2 Å². The van der Waals surface area contributed by atoms with E-state index in [0.29, 0.717) is 19.6 Å². The molecule has 1 saturated heterocycles. The minimum Gasteiger partial charge on any atom is -0.440 e. The molecule has 12 heavy (non-hydrogen) atoms. The Morgan fingerprint density at radius 1 is 1.92 bits per heavy atom. The van der Waals surface area contributed by atoms with Crippen LogP contribution in [0.25, 0.3) is 0 Å². The van der Waals surface area contributed by atoms with Crippen molar-refractivity contribution < 1.29 is 9.53 Å². The van der Waals surface area contributed by atoms with Gasteiger partial charge in [0.25, 0.3) is 0 Å². The zero-order valence-corrected chi connectivity index (χ0v) is 7.25. The average molecular weight is 170 g/mol. The summed E-state index contributed by atoms with van der Waals surface area (Å²) in [5.74, 6) is 0. The van der Waals surface area contributed by atoms with E-state index in [4.69, 9.17) is 10.5 Å². The number of nitrogens with two attached hydrogens (primary N) is 1. The van der Waals surface area contributed by atoms with Gasteiger partial charge >= 0.3 is 6.09 Å². The van der Waals surface area contributed by atoms with Gasteiger partial charge in [0.1, 0.15) is 5.60 Å². The third-order valence-electron chi connectivity index (χ3n) is 1.90. The van der Waals surface area contributed by atoms with Gasteiger partial charge in [0.15, 0.2) is 0 Å². The number of nitrogens with zero attached hydrogens (tertiary/aromatic N) is 1. The molecule has 0 aromatic heterocycles. The van der Waals surface area contributed by atoms with E-state index in [2.05, 4.69) is 6.58 Å². The van der Waals surface area contributed by atoms with Crippen molar-refractivity contribution >= 4 is 6.09 Å². The van der Waals surface area contributed by atoms with E-state index in [0.717, 1.165) is 0 Å². The van der Waals surface area contributed by atoms with Gasteiger partial charge in [0, 0.05) is 13.1 Å². The first-order chi connectivity index (χ1) is 5.61. The van der Waals surface area contributed by atoms with Gasteiger partial charge in [0.2, 0.25) is 0 Å². The Balaban J connectivity index is 2.61. The maximum absolute atomic E-state index is 11.1. The highest BCUT2D eigenvalue weighted by Crippen LogP contribution is 2.20. The first-order valence-corrected chi connectivity index (χ1v) is 3.90. The van der Waals surface area contributed by atoms with Crippen LogP contribution in [0, 0.1) is 0 Å². The van der Waals surface area contributed by atoms with Crippen LogP contribution in [0.1, 0.15) is 6.92 Å². The van der Waals surface area contributed by atoms with Gasteiger partial charge in [-0.05, 0) is 6.92 Å². The summed E-state index contributed by atoms with van der Waals surface area (Å²) >= 11 is 0. The van der Waals surface area contributed by atoms with E-state index in [1.807, 2.05) is 6.92 Å². The van der Waals surface area contributed by atoms with Crippen LogP contribution in [-0.2, 0) is 4.74 Å². The Kier molecular flexibility index (Phi) is 2.38. The van der Waals surface area contributed by atoms with Crippen molar-refractivity contribution in [1.29, 1.82) is 0 Å². The molecule has 1 unspecified atom stereocenters. The standard InChI is InChI=1S/C8H14N2O2/c1-3-4-10-6-8(2,5-9)12-7(10)11/h3H,1,4-6,9H2,2H3. The Bertz CT molecular complexity index is 205. The van der Waals surface area contributed by atoms with E-state index < -0.39 is 5.60 Å². The quantitative estimate of drug-likeness (QED) is 0.621. The van der Waals surface area contributed by atoms with Gasteiger partial charge in [-0.1, -0.05) is 6.08 Å². The highest BCUT2D eigenvalue weighted by molar-refractivity contribution is 5.70. The molecule has 0 aromatic carbocycles. The van der Waals surface area contributed by atoms with Crippen LogP contribution >= 0.6 is 0 Å². The maximum atomic E-state index is 11.1. The highest BCUT2D eigenvalue weighted by atomic mass is 16.6. The fourth-order valence-corrected chi connectivity index (χ4v) is 1.18. The summed E-state index contributed by atoms with van der Waals surface area (Å²) in [6.07, 6.45) is 1.37. The van der Waals surface area contributed by atoms with Crippen molar-refractivity contribution in [2.75, 3.05) is 19.6 Å². The Morgan fingerprint density at radius 2 is 2.58 bits per heavy atom.